The van der Waals surface area contributed by atoms with Crippen LogP contribution in [0.2, 0.25) is 0 Å². The average molecular weight is 320 g/mol. The van der Waals surface area contributed by atoms with Crippen molar-refractivity contribution in [1.29, 1.82) is 0 Å². The zero-order chi connectivity index (χ0) is 16.9. The maximum Gasteiger partial charge on any atom is 0.267 e. The van der Waals surface area contributed by atoms with E-state index in [1.54, 1.807) is 24.3 Å². The third-order valence-corrected chi connectivity index (χ3v) is 3.79. The van der Waals surface area contributed by atoms with Crippen molar-refractivity contribution >= 4 is 29.7 Å². The molecule has 0 atom stereocenters. The van der Waals surface area contributed by atoms with E-state index in [0.717, 1.165) is 11.1 Å². The van der Waals surface area contributed by atoms with Gasteiger partial charge in [0.1, 0.15) is 0 Å². The van der Waals surface area contributed by atoms with Gasteiger partial charge in [-0.2, -0.15) is 0 Å². The van der Waals surface area contributed by atoms with Crippen LogP contribution in [0, 0.1) is 0 Å². The molecule has 0 saturated carbocycles. The van der Waals surface area contributed by atoms with E-state index in [4.69, 9.17) is 5.21 Å². The summed E-state index contributed by atoms with van der Waals surface area (Å²) in [5.74, 6) is -0.802. The minimum absolute atomic E-state index is 0.168. The number of para-hydroxylation sites is 1. The van der Waals surface area contributed by atoms with Crippen molar-refractivity contribution < 1.29 is 14.8 Å². The van der Waals surface area contributed by atoms with Crippen molar-refractivity contribution in [2.75, 3.05) is 5.32 Å². The Hall–Kier alpha value is -3.18. The summed E-state index contributed by atoms with van der Waals surface area (Å²) < 4.78 is 0. The Labute approximate surface area is 139 Å². The molecule has 2 aromatic rings. The summed E-state index contributed by atoms with van der Waals surface area (Å²) in [5, 5.41) is 11.4. The predicted molar refractivity (Wildman–Crippen MR) is 92.2 cm³/mol. The number of fused-ring (bicyclic) bond motifs is 1. The lowest BCUT2D eigenvalue weighted by Gasteiger charge is -2.09. The number of benzene rings is 2. The van der Waals surface area contributed by atoms with Crippen LogP contribution in [0.1, 0.15) is 16.7 Å². The number of amides is 2. The molecule has 0 spiro atoms. The van der Waals surface area contributed by atoms with Crippen molar-refractivity contribution in [1.82, 2.24) is 5.48 Å². The zero-order valence-corrected chi connectivity index (χ0v) is 12.8. The molecule has 0 radical (unpaired) electrons. The second-order valence-electron chi connectivity index (χ2n) is 5.40. The Bertz CT molecular complexity index is 853. The van der Waals surface area contributed by atoms with Gasteiger partial charge in [-0.3, -0.25) is 14.8 Å². The molecule has 0 heterocycles. The minimum Gasteiger partial charge on any atom is -0.322 e. The topological polar surface area (TPSA) is 78.4 Å². The molecule has 0 bridgehead atoms. The second kappa shape index (κ2) is 6.93. The van der Waals surface area contributed by atoms with Gasteiger partial charge in [0.25, 0.3) is 11.8 Å². The highest BCUT2D eigenvalue weighted by Gasteiger charge is 2.18. The summed E-state index contributed by atoms with van der Waals surface area (Å²) in [6.07, 6.45) is 5.21. The van der Waals surface area contributed by atoms with Crippen LogP contribution in [0.25, 0.3) is 12.2 Å². The van der Waals surface area contributed by atoms with Gasteiger partial charge in [-0.1, -0.05) is 42.5 Å². The number of hydroxylamine groups is 1. The molecule has 0 saturated heterocycles. The first-order valence-corrected chi connectivity index (χ1v) is 7.48. The molecule has 0 aromatic heterocycles. The molecule has 1 aliphatic rings. The molecular weight excluding hydrogens is 304 g/mol. The number of nitrogens with one attached hydrogen (secondary N) is 2. The van der Waals surface area contributed by atoms with Gasteiger partial charge in [-0.05, 0) is 34.9 Å². The number of carbonyl (C=O) groups excluding carboxylic acids is 2. The van der Waals surface area contributed by atoms with Gasteiger partial charge >= 0.3 is 0 Å². The summed E-state index contributed by atoms with van der Waals surface area (Å²) in [4.78, 5) is 23.6. The van der Waals surface area contributed by atoms with E-state index in [-0.39, 0.29) is 5.91 Å². The van der Waals surface area contributed by atoms with Crippen LogP contribution >= 0.6 is 0 Å². The highest BCUT2D eigenvalue weighted by Crippen LogP contribution is 2.26. The van der Waals surface area contributed by atoms with E-state index in [1.165, 1.54) is 17.6 Å². The van der Waals surface area contributed by atoms with Crippen molar-refractivity contribution in [2.24, 2.45) is 0 Å². The molecule has 120 valence electrons. The first-order chi connectivity index (χ1) is 11.7. The lowest BCUT2D eigenvalue weighted by Crippen LogP contribution is -2.16. The van der Waals surface area contributed by atoms with Crippen molar-refractivity contribution in [3.05, 3.63) is 76.9 Å². The standard InChI is InChI=1S/C19H16N2O3/c22-18(21-24)10-9-13-5-3-4-8-17(13)20-19(23)16-11-14-6-1-2-7-15(14)12-16/h1-11,24H,12H2,(H,20,23)(H,21,22)/b10-9+. The maximum absolute atomic E-state index is 12.5. The van der Waals surface area contributed by atoms with Crippen LogP contribution in [0.5, 0.6) is 0 Å². The summed E-state index contributed by atoms with van der Waals surface area (Å²) in [7, 11) is 0. The smallest absolute Gasteiger partial charge is 0.267 e. The normalized spacial score (nSPS) is 12.6. The Kier molecular flexibility index (Phi) is 4.54. The molecule has 2 aromatic carbocycles. The van der Waals surface area contributed by atoms with E-state index in [0.29, 0.717) is 23.2 Å². The van der Waals surface area contributed by atoms with Crippen molar-refractivity contribution in [3.8, 4) is 0 Å². The van der Waals surface area contributed by atoms with Gasteiger partial charge in [-0.25, -0.2) is 5.48 Å². The summed E-state index contributed by atoms with van der Waals surface area (Å²) >= 11 is 0. The fourth-order valence-corrected chi connectivity index (χ4v) is 2.59. The van der Waals surface area contributed by atoms with E-state index < -0.39 is 5.91 Å². The van der Waals surface area contributed by atoms with E-state index in [9.17, 15) is 9.59 Å². The molecule has 5 heteroatoms. The molecule has 2 amide bonds. The third-order valence-electron chi connectivity index (χ3n) is 3.79. The summed E-state index contributed by atoms with van der Waals surface area (Å²) in [6, 6.07) is 15.0. The number of hydrogen-bond donors (Lipinski definition) is 3. The number of carbonyl (C=O) groups is 2. The van der Waals surface area contributed by atoms with E-state index >= 15 is 0 Å². The van der Waals surface area contributed by atoms with Crippen molar-refractivity contribution in [2.45, 2.75) is 6.42 Å². The molecule has 0 unspecified atom stereocenters. The number of rotatable bonds is 4. The minimum atomic E-state index is -0.634. The van der Waals surface area contributed by atoms with Gasteiger partial charge in [0.2, 0.25) is 0 Å². The third kappa shape index (κ3) is 3.42. The Morgan fingerprint density at radius 2 is 1.79 bits per heavy atom. The van der Waals surface area contributed by atoms with Gasteiger partial charge < -0.3 is 5.32 Å². The average Bonchev–Trinajstić information content (AvgIpc) is 3.05. The lowest BCUT2D eigenvalue weighted by molar-refractivity contribution is -0.124. The molecular formula is C19H16N2O3. The van der Waals surface area contributed by atoms with Crippen LogP contribution in [0.15, 0.2) is 60.2 Å². The molecule has 3 N–H and O–H groups in total. The fourth-order valence-electron chi connectivity index (χ4n) is 2.59. The SMILES string of the molecule is O=C(/C=C/c1ccccc1NC(=O)C1=Cc2ccccc2C1)NO. The fraction of sp³-hybridized carbons (Fsp3) is 0.0526. The Morgan fingerprint density at radius 3 is 2.58 bits per heavy atom. The summed E-state index contributed by atoms with van der Waals surface area (Å²) in [5.41, 5.74) is 5.70. The van der Waals surface area contributed by atoms with Crippen LogP contribution in [-0.4, -0.2) is 17.0 Å². The van der Waals surface area contributed by atoms with E-state index in [1.807, 2.05) is 30.3 Å². The summed E-state index contributed by atoms with van der Waals surface area (Å²) in [6.45, 7) is 0. The lowest BCUT2D eigenvalue weighted by atomic mass is 10.1. The predicted octanol–water partition coefficient (Wildman–Crippen LogP) is 2.78. The van der Waals surface area contributed by atoms with Gasteiger partial charge in [-0.15, -0.1) is 0 Å². The van der Waals surface area contributed by atoms with Gasteiger partial charge in [0, 0.05) is 23.8 Å². The molecule has 5 nitrogen and oxygen atoms in total. The van der Waals surface area contributed by atoms with Gasteiger partial charge in [0.15, 0.2) is 0 Å². The molecule has 24 heavy (non-hydrogen) atoms. The quantitative estimate of drug-likeness (QED) is 0.460. The largest absolute Gasteiger partial charge is 0.322 e. The zero-order valence-electron chi connectivity index (χ0n) is 12.8. The number of hydrogen-bond acceptors (Lipinski definition) is 3. The Morgan fingerprint density at radius 1 is 1.04 bits per heavy atom. The molecule has 3 rings (SSSR count). The van der Waals surface area contributed by atoms with Crippen molar-refractivity contribution in [3.63, 3.8) is 0 Å². The van der Waals surface area contributed by atoms with Crippen LogP contribution in [0.3, 0.4) is 0 Å². The first kappa shape index (κ1) is 15.7. The highest BCUT2D eigenvalue weighted by atomic mass is 16.5. The van der Waals surface area contributed by atoms with Crippen LogP contribution < -0.4 is 10.8 Å². The second-order valence-corrected chi connectivity index (χ2v) is 5.40. The highest BCUT2D eigenvalue weighted by molar-refractivity contribution is 6.09. The Balaban J connectivity index is 1.77. The van der Waals surface area contributed by atoms with E-state index in [2.05, 4.69) is 5.32 Å². The molecule has 1 aliphatic carbocycles. The van der Waals surface area contributed by atoms with Gasteiger partial charge in [0.05, 0.1) is 0 Å². The first-order valence-electron chi connectivity index (χ1n) is 7.48. The van der Waals surface area contributed by atoms with Crippen LogP contribution in [0.4, 0.5) is 5.69 Å². The monoisotopic (exact) mass is 320 g/mol. The maximum atomic E-state index is 12.5. The number of anilines is 1. The van der Waals surface area contributed by atoms with Crippen LogP contribution in [-0.2, 0) is 16.0 Å². The molecule has 0 fully saturated rings. The molecule has 0 aliphatic heterocycles.